The van der Waals surface area contributed by atoms with Crippen LogP contribution in [0.1, 0.15) is 25.0 Å². The molecule has 0 aliphatic carbocycles. The number of aromatic nitrogens is 2. The number of carbonyl (C=O) groups excluding carboxylic acids is 1. The van der Waals surface area contributed by atoms with Gasteiger partial charge in [-0.3, -0.25) is 9.78 Å². The minimum atomic E-state index is -0.451. The number of rotatable bonds is 6. The lowest BCUT2D eigenvalue weighted by Gasteiger charge is -2.11. The summed E-state index contributed by atoms with van der Waals surface area (Å²) in [5.41, 5.74) is 3.38. The first-order valence-corrected chi connectivity index (χ1v) is 11.4. The fourth-order valence-electron chi connectivity index (χ4n) is 4.19. The molecule has 7 heteroatoms. The highest BCUT2D eigenvalue weighted by molar-refractivity contribution is 9.10. The van der Waals surface area contributed by atoms with E-state index in [-0.39, 0.29) is 18.1 Å². The molecule has 0 fully saturated rings. The van der Waals surface area contributed by atoms with Gasteiger partial charge in [0.15, 0.2) is 12.0 Å². The summed E-state index contributed by atoms with van der Waals surface area (Å²) in [5.74, 6) is 0.000567. The highest BCUT2D eigenvalue weighted by atomic mass is 79.9. The van der Waals surface area contributed by atoms with Gasteiger partial charge in [-0.1, -0.05) is 22.0 Å². The van der Waals surface area contributed by atoms with Crippen LogP contribution in [0.5, 0.6) is 5.75 Å². The predicted octanol–water partition coefficient (Wildman–Crippen LogP) is 5.12. The number of carbonyl (C=O) groups is 1. The molecule has 3 aromatic heterocycles. The van der Waals surface area contributed by atoms with Crippen molar-refractivity contribution in [1.29, 1.82) is 0 Å². The van der Waals surface area contributed by atoms with Gasteiger partial charge in [-0.05, 0) is 55.8 Å². The summed E-state index contributed by atoms with van der Waals surface area (Å²) in [6.45, 7) is 3.35. The molecule has 5 rings (SSSR count). The molecule has 0 bridgehead atoms. The number of halogens is 1. The third-order valence-electron chi connectivity index (χ3n) is 5.50. The van der Waals surface area contributed by atoms with Crippen molar-refractivity contribution in [2.75, 3.05) is 6.61 Å². The summed E-state index contributed by atoms with van der Waals surface area (Å²) in [7, 11) is 0. The van der Waals surface area contributed by atoms with Crippen LogP contribution in [0.4, 0.5) is 0 Å². The number of esters is 1. The molecule has 0 radical (unpaired) electrons. The van der Waals surface area contributed by atoms with Crippen molar-refractivity contribution in [3.63, 3.8) is 0 Å². The molecule has 0 saturated heterocycles. The maximum absolute atomic E-state index is 13.5. The molecule has 6 nitrogen and oxygen atoms in total. The average molecular weight is 505 g/mol. The fraction of sp³-hybridized carbons (Fsp3) is 0.192. The minimum absolute atomic E-state index is 0.0616. The Balaban J connectivity index is 1.70. The molecule has 0 aliphatic rings. The van der Waals surface area contributed by atoms with Crippen molar-refractivity contribution in [3.05, 3.63) is 86.9 Å². The molecule has 33 heavy (non-hydrogen) atoms. The third kappa shape index (κ3) is 4.04. The van der Waals surface area contributed by atoms with Crippen LogP contribution in [0.25, 0.3) is 27.2 Å². The van der Waals surface area contributed by atoms with Crippen LogP contribution in [0.15, 0.2) is 70.3 Å². The van der Waals surface area contributed by atoms with E-state index in [1.54, 1.807) is 32.3 Å². The second kappa shape index (κ2) is 8.48. The van der Waals surface area contributed by atoms with Crippen LogP contribution < -0.4 is 10.2 Å². The molecular weight excluding hydrogens is 484 g/mol. The fourth-order valence-corrected chi connectivity index (χ4v) is 4.55. The van der Waals surface area contributed by atoms with Gasteiger partial charge >= 0.3 is 5.97 Å². The quantitative estimate of drug-likeness (QED) is 0.300. The lowest BCUT2D eigenvalue weighted by atomic mass is 10.0. The number of nitrogens with zero attached hydrogens (tertiary/aromatic N) is 2. The Bertz CT molecular complexity index is 1540. The maximum atomic E-state index is 13.5. The molecule has 0 amide bonds. The lowest BCUT2D eigenvalue weighted by Crippen LogP contribution is -2.19. The van der Waals surface area contributed by atoms with Gasteiger partial charge in [0, 0.05) is 45.8 Å². The van der Waals surface area contributed by atoms with E-state index in [1.165, 1.54) is 0 Å². The molecule has 0 atom stereocenters. The van der Waals surface area contributed by atoms with Crippen molar-refractivity contribution in [3.8, 4) is 5.75 Å². The van der Waals surface area contributed by atoms with Crippen molar-refractivity contribution in [1.82, 2.24) is 9.38 Å². The first-order valence-electron chi connectivity index (χ1n) is 10.6. The van der Waals surface area contributed by atoms with Gasteiger partial charge in [-0.15, -0.1) is 0 Å². The summed E-state index contributed by atoms with van der Waals surface area (Å²) in [5, 5.41) is 2.43. The second-order valence-electron chi connectivity index (χ2n) is 8.25. The van der Waals surface area contributed by atoms with Crippen molar-refractivity contribution in [2.45, 2.75) is 26.4 Å². The molecule has 3 heterocycles. The maximum Gasteiger partial charge on any atom is 0.344 e. The van der Waals surface area contributed by atoms with Crippen LogP contribution in [0.3, 0.4) is 0 Å². The van der Waals surface area contributed by atoms with Gasteiger partial charge in [0.05, 0.1) is 22.5 Å². The lowest BCUT2D eigenvalue weighted by molar-refractivity contribution is -0.149. The Labute approximate surface area is 198 Å². The summed E-state index contributed by atoms with van der Waals surface area (Å²) in [4.78, 5) is 29.7. The molecule has 166 valence electrons. The molecular formula is C26H21BrN2O4. The molecule has 2 aromatic carbocycles. The van der Waals surface area contributed by atoms with Gasteiger partial charge in [-0.25, -0.2) is 4.79 Å². The number of hydrogen-bond acceptors (Lipinski definition) is 5. The molecule has 5 aromatic rings. The molecule has 0 aliphatic heterocycles. The zero-order valence-corrected chi connectivity index (χ0v) is 19.8. The van der Waals surface area contributed by atoms with E-state index in [4.69, 9.17) is 9.47 Å². The summed E-state index contributed by atoms with van der Waals surface area (Å²) < 4.78 is 13.9. The smallest absolute Gasteiger partial charge is 0.344 e. The van der Waals surface area contributed by atoms with Crippen molar-refractivity contribution < 1.29 is 14.3 Å². The Kier molecular flexibility index (Phi) is 5.50. The van der Waals surface area contributed by atoms with Crippen LogP contribution in [0, 0.1) is 0 Å². The zero-order valence-electron chi connectivity index (χ0n) is 18.2. The summed E-state index contributed by atoms with van der Waals surface area (Å²) >= 11 is 3.55. The Hall–Kier alpha value is -3.45. The highest BCUT2D eigenvalue weighted by Gasteiger charge is 2.18. The first kappa shape index (κ1) is 21.4. The van der Waals surface area contributed by atoms with E-state index in [0.717, 1.165) is 31.8 Å². The van der Waals surface area contributed by atoms with Crippen LogP contribution in [0.2, 0.25) is 0 Å². The number of pyridine rings is 2. The van der Waals surface area contributed by atoms with E-state index in [1.807, 2.05) is 42.6 Å². The van der Waals surface area contributed by atoms with Crippen molar-refractivity contribution in [2.24, 2.45) is 0 Å². The van der Waals surface area contributed by atoms with Crippen LogP contribution >= 0.6 is 15.9 Å². The van der Waals surface area contributed by atoms with Gasteiger partial charge < -0.3 is 13.9 Å². The van der Waals surface area contributed by atoms with Gasteiger partial charge in [0.1, 0.15) is 5.75 Å². The summed E-state index contributed by atoms with van der Waals surface area (Å²) in [6.07, 6.45) is 5.65. The zero-order chi connectivity index (χ0) is 23.1. The molecule has 0 spiro atoms. The topological polar surface area (TPSA) is 69.9 Å². The van der Waals surface area contributed by atoms with Crippen molar-refractivity contribution >= 4 is 49.1 Å². The average Bonchev–Trinajstić information content (AvgIpc) is 3.09. The number of benzene rings is 2. The van der Waals surface area contributed by atoms with E-state index >= 15 is 0 Å². The minimum Gasteiger partial charge on any atom is -0.482 e. The van der Waals surface area contributed by atoms with Crippen LogP contribution in [-0.4, -0.2) is 28.1 Å². The highest BCUT2D eigenvalue weighted by Crippen LogP contribution is 2.35. The number of ether oxygens (including phenoxy) is 2. The molecule has 0 N–H and O–H groups in total. The Morgan fingerprint density at radius 1 is 1.12 bits per heavy atom. The first-order chi connectivity index (χ1) is 15.9. The van der Waals surface area contributed by atoms with E-state index in [9.17, 15) is 9.59 Å². The van der Waals surface area contributed by atoms with E-state index < -0.39 is 5.97 Å². The monoisotopic (exact) mass is 504 g/mol. The number of fused-ring (bicyclic) bond motifs is 3. The molecule has 0 saturated carbocycles. The third-order valence-corrected chi connectivity index (χ3v) is 5.99. The summed E-state index contributed by atoms with van der Waals surface area (Å²) in [6, 6.07) is 13.4. The molecule has 0 unspecified atom stereocenters. The van der Waals surface area contributed by atoms with E-state index in [0.29, 0.717) is 23.1 Å². The number of hydrogen-bond donors (Lipinski definition) is 0. The Morgan fingerprint density at radius 3 is 2.70 bits per heavy atom. The largest absolute Gasteiger partial charge is 0.482 e. The van der Waals surface area contributed by atoms with Gasteiger partial charge in [0.25, 0.3) is 0 Å². The SMILES string of the molecule is CC(C)OC(=O)COc1cc2c(=O)c(Cc3cccnc3)cn3c4ccc(Br)cc4c(c1)c23. The van der Waals surface area contributed by atoms with Gasteiger partial charge in [-0.2, -0.15) is 0 Å². The van der Waals surface area contributed by atoms with E-state index in [2.05, 4.69) is 25.3 Å². The Morgan fingerprint density at radius 2 is 1.94 bits per heavy atom. The second-order valence-corrected chi connectivity index (χ2v) is 9.16. The predicted molar refractivity (Wildman–Crippen MR) is 131 cm³/mol. The normalized spacial score (nSPS) is 11.6. The van der Waals surface area contributed by atoms with Crippen LogP contribution in [-0.2, 0) is 16.0 Å². The van der Waals surface area contributed by atoms with Gasteiger partial charge in [0.2, 0.25) is 0 Å². The standard InChI is InChI=1S/C26H21BrN2O4/c1-15(2)33-24(30)14-32-19-10-21-20-9-18(27)5-6-23(20)29-13-17(8-16-4-3-7-28-12-16)26(31)22(11-19)25(21)29/h3-7,9-13,15H,8,14H2,1-2H3.